The van der Waals surface area contributed by atoms with Gasteiger partial charge in [-0.15, -0.1) is 0 Å². The summed E-state index contributed by atoms with van der Waals surface area (Å²) >= 11 is 0. The largest absolute Gasteiger partial charge is 0.504 e. The fourth-order valence-corrected chi connectivity index (χ4v) is 8.83. The van der Waals surface area contributed by atoms with Crippen molar-refractivity contribution in [3.63, 3.8) is 0 Å². The number of anilines is 2. The van der Waals surface area contributed by atoms with E-state index in [0.29, 0.717) is 46.0 Å². The third-order valence-electron chi connectivity index (χ3n) is 9.48. The Bertz CT molecular complexity index is 2630. The Balaban J connectivity index is 1.30. The van der Waals surface area contributed by atoms with E-state index in [-0.39, 0.29) is 32.3 Å². The van der Waals surface area contributed by atoms with Gasteiger partial charge in [-0.05, 0) is 87.4 Å². The Kier molecular flexibility index (Phi) is 8.98. The minimum absolute atomic E-state index is 0.0484. The predicted octanol–water partition coefficient (Wildman–Crippen LogP) is 7.38. The van der Waals surface area contributed by atoms with Gasteiger partial charge in [0, 0.05) is 55.7 Å². The number of carbonyl (C=O) groups is 2. The van der Waals surface area contributed by atoms with Crippen molar-refractivity contribution in [2.75, 3.05) is 9.44 Å². The van der Waals surface area contributed by atoms with Crippen LogP contribution >= 0.6 is 0 Å². The molecule has 0 bridgehead atoms. The summed E-state index contributed by atoms with van der Waals surface area (Å²) in [6.45, 7) is 7.28. The maximum absolute atomic E-state index is 14.2. The Labute approximate surface area is 311 Å². The molecule has 6 aromatic rings. The minimum Gasteiger partial charge on any atom is -0.504 e. The normalized spacial score (nSPS) is 14.1. The maximum atomic E-state index is 14.2. The number of benzene rings is 4. The summed E-state index contributed by atoms with van der Waals surface area (Å²) in [5, 5.41) is 23.9. The highest BCUT2D eigenvalue weighted by Crippen LogP contribution is 2.42. The molecule has 0 spiro atoms. The average molecular weight is 765 g/mol. The third kappa shape index (κ3) is 6.22. The van der Waals surface area contributed by atoms with Gasteiger partial charge in [-0.25, -0.2) is 16.8 Å². The summed E-state index contributed by atoms with van der Waals surface area (Å²) in [6.07, 6.45) is 0.654. The smallest absolute Gasteiger partial charge is 0.261 e. The Morgan fingerprint density at radius 3 is 1.24 bits per heavy atom. The maximum Gasteiger partial charge on any atom is 0.261 e. The van der Waals surface area contributed by atoms with E-state index in [9.17, 15) is 36.6 Å². The first-order valence-corrected chi connectivity index (χ1v) is 20.0. The molecule has 1 aliphatic carbocycles. The van der Waals surface area contributed by atoms with Gasteiger partial charge in [0.15, 0.2) is 11.5 Å². The molecular weight excluding hydrogens is 729 g/mol. The van der Waals surface area contributed by atoms with Crippen molar-refractivity contribution in [3.05, 3.63) is 130 Å². The van der Waals surface area contributed by atoms with E-state index in [1.54, 1.807) is 62.4 Å². The van der Waals surface area contributed by atoms with Crippen LogP contribution in [0.1, 0.15) is 47.5 Å². The lowest BCUT2D eigenvalue weighted by atomic mass is 9.84. The standard InChI is InChI=1S/C40H36N4O8S2/c1-5-29-33(27-19-23(11-17-31(27)41-29)43-53(49,50)25-13-7-21(3)8-14-25)35-37(45)39(47)36(40(48)38(35)46)34-28-20-24(12-18-32(28)42-30(34)6-2)44-54(51,52)26-15-9-22(4)10-16-26/h7-20,41-45,48H,5-6H2,1-4H3. The highest BCUT2D eigenvalue weighted by atomic mass is 32.2. The second-order valence-corrected chi connectivity index (χ2v) is 16.5. The summed E-state index contributed by atoms with van der Waals surface area (Å²) in [7, 11) is -7.98. The van der Waals surface area contributed by atoms with Crippen LogP contribution in [-0.4, -0.2) is 48.6 Å². The Hall–Kier alpha value is -6.12. The first-order valence-electron chi connectivity index (χ1n) is 17.1. The van der Waals surface area contributed by atoms with E-state index in [1.807, 2.05) is 13.8 Å². The number of aryl methyl sites for hydroxylation is 4. The van der Waals surface area contributed by atoms with E-state index in [4.69, 9.17) is 0 Å². The topological polar surface area (TPSA) is 199 Å². The first-order chi connectivity index (χ1) is 25.6. The lowest BCUT2D eigenvalue weighted by Crippen LogP contribution is -2.23. The molecule has 0 saturated carbocycles. The van der Waals surface area contributed by atoms with Gasteiger partial charge >= 0.3 is 0 Å². The monoisotopic (exact) mass is 764 g/mol. The second kappa shape index (κ2) is 13.4. The zero-order valence-electron chi connectivity index (χ0n) is 29.7. The quantitative estimate of drug-likeness (QED) is 0.0776. The number of aliphatic hydroxyl groups excluding tert-OH is 2. The van der Waals surface area contributed by atoms with Crippen molar-refractivity contribution in [2.45, 2.75) is 50.3 Å². The summed E-state index contributed by atoms with van der Waals surface area (Å²) in [5.74, 6) is -3.84. The van der Waals surface area contributed by atoms with Gasteiger partial charge in [-0.1, -0.05) is 49.2 Å². The van der Waals surface area contributed by atoms with Crippen molar-refractivity contribution < 1.29 is 36.6 Å². The molecule has 7 rings (SSSR count). The van der Waals surface area contributed by atoms with Crippen LogP contribution in [0.15, 0.2) is 106 Å². The molecule has 0 aliphatic heterocycles. The molecule has 12 nitrogen and oxygen atoms in total. The lowest BCUT2D eigenvalue weighted by Gasteiger charge is -2.19. The Morgan fingerprint density at radius 2 is 0.907 bits per heavy atom. The zero-order chi connectivity index (χ0) is 38.7. The number of H-pyrrole nitrogens is 2. The molecule has 0 saturated heterocycles. The number of rotatable bonds is 10. The van der Waals surface area contributed by atoms with Gasteiger partial charge < -0.3 is 20.2 Å². The number of nitrogens with one attached hydrogen (secondary N) is 4. The van der Waals surface area contributed by atoms with E-state index < -0.39 is 54.3 Å². The van der Waals surface area contributed by atoms with Gasteiger partial charge in [0.25, 0.3) is 20.0 Å². The molecule has 0 radical (unpaired) electrons. The first kappa shape index (κ1) is 36.2. The Morgan fingerprint density at radius 1 is 0.556 bits per heavy atom. The third-order valence-corrected chi connectivity index (χ3v) is 12.3. The molecule has 14 heteroatoms. The SMILES string of the molecule is CCc1[nH]c2ccc(NS(=O)(=O)c3ccc(C)cc3)cc2c1C1=C(O)C(=O)C(c2c(CC)[nH]c3ccc(NS(=O)(=O)c4ccc(C)cc4)cc23)=C(O)C1=O. The zero-order valence-corrected chi connectivity index (χ0v) is 31.3. The summed E-state index contributed by atoms with van der Waals surface area (Å²) in [6, 6.07) is 22.0. The van der Waals surface area contributed by atoms with Crippen LogP contribution in [0.5, 0.6) is 0 Å². The highest BCUT2D eigenvalue weighted by molar-refractivity contribution is 7.93. The molecule has 54 heavy (non-hydrogen) atoms. The fraction of sp³-hybridized carbons (Fsp3) is 0.150. The minimum atomic E-state index is -3.99. The number of carbonyl (C=O) groups excluding carboxylic acids is 2. The molecule has 0 unspecified atom stereocenters. The number of aromatic amines is 2. The van der Waals surface area contributed by atoms with E-state index in [2.05, 4.69) is 19.4 Å². The second-order valence-electron chi connectivity index (χ2n) is 13.1. The number of fused-ring (bicyclic) bond motifs is 2. The molecule has 0 atom stereocenters. The van der Waals surface area contributed by atoms with E-state index >= 15 is 0 Å². The van der Waals surface area contributed by atoms with Crippen LogP contribution < -0.4 is 9.44 Å². The van der Waals surface area contributed by atoms with Gasteiger partial charge in [0.05, 0.1) is 20.9 Å². The number of Topliss-reactive ketones (excluding diaryl/α,β-unsaturated/α-hetero) is 2. The number of aliphatic hydroxyl groups is 2. The molecule has 4 aromatic carbocycles. The molecular formula is C40H36N4O8S2. The van der Waals surface area contributed by atoms with Crippen LogP contribution in [0, 0.1) is 13.8 Å². The summed E-state index contributed by atoms with van der Waals surface area (Å²) in [4.78, 5) is 34.8. The van der Waals surface area contributed by atoms with Gasteiger partial charge in [-0.2, -0.15) is 0 Å². The number of sulfonamides is 2. The van der Waals surface area contributed by atoms with Gasteiger partial charge in [0.1, 0.15) is 0 Å². The number of ketones is 2. The van der Waals surface area contributed by atoms with Gasteiger partial charge in [0.2, 0.25) is 11.6 Å². The molecule has 2 heterocycles. The van der Waals surface area contributed by atoms with Crippen molar-refractivity contribution in [3.8, 4) is 0 Å². The predicted molar refractivity (Wildman–Crippen MR) is 208 cm³/mol. The van der Waals surface area contributed by atoms with Crippen LogP contribution in [0.2, 0.25) is 0 Å². The number of allylic oxidation sites excluding steroid dienone is 2. The van der Waals surface area contributed by atoms with E-state index in [0.717, 1.165) is 11.1 Å². The van der Waals surface area contributed by atoms with Gasteiger partial charge in [-0.3, -0.25) is 19.0 Å². The number of hydrogen-bond donors (Lipinski definition) is 6. The van der Waals surface area contributed by atoms with Crippen molar-refractivity contribution in [1.82, 2.24) is 9.97 Å². The van der Waals surface area contributed by atoms with Crippen LogP contribution in [0.3, 0.4) is 0 Å². The molecule has 2 aromatic heterocycles. The van der Waals surface area contributed by atoms with E-state index in [1.165, 1.54) is 36.4 Å². The molecule has 1 aliphatic rings. The van der Waals surface area contributed by atoms with Crippen molar-refractivity contribution in [1.29, 1.82) is 0 Å². The van der Waals surface area contributed by atoms with Crippen LogP contribution in [0.25, 0.3) is 33.0 Å². The number of aromatic nitrogens is 2. The highest BCUT2D eigenvalue weighted by Gasteiger charge is 2.40. The average Bonchev–Trinajstić information content (AvgIpc) is 3.68. The molecule has 0 fully saturated rings. The number of hydrogen-bond acceptors (Lipinski definition) is 8. The molecule has 6 N–H and O–H groups in total. The molecule has 0 amide bonds. The van der Waals surface area contributed by atoms with Crippen molar-refractivity contribution in [2.24, 2.45) is 0 Å². The molecule has 276 valence electrons. The summed E-state index contributed by atoms with van der Waals surface area (Å²) < 4.78 is 57.9. The van der Waals surface area contributed by atoms with Crippen LogP contribution in [-0.2, 0) is 42.5 Å². The van der Waals surface area contributed by atoms with Crippen LogP contribution in [0.4, 0.5) is 11.4 Å². The lowest BCUT2D eigenvalue weighted by molar-refractivity contribution is -0.116. The fourth-order valence-electron chi connectivity index (χ4n) is 6.73. The van der Waals surface area contributed by atoms with Crippen molar-refractivity contribution >= 4 is 75.9 Å². The summed E-state index contributed by atoms with van der Waals surface area (Å²) in [5.41, 5.74) is 3.47.